The molecule has 2 aliphatic rings. The van der Waals surface area contributed by atoms with Crippen molar-refractivity contribution in [2.45, 2.75) is 19.3 Å². The van der Waals surface area contributed by atoms with Gasteiger partial charge in [0.25, 0.3) is 0 Å². The molecule has 2 aromatic carbocycles. The summed E-state index contributed by atoms with van der Waals surface area (Å²) in [7, 11) is 0. The van der Waals surface area contributed by atoms with E-state index in [4.69, 9.17) is 9.84 Å². The Morgan fingerprint density at radius 3 is 2.26 bits per heavy atom. The smallest absolute Gasteiger partial charge is 0.407 e. The van der Waals surface area contributed by atoms with Crippen molar-refractivity contribution in [3.05, 3.63) is 59.7 Å². The third kappa shape index (κ3) is 5.29. The average Bonchev–Trinajstić information content (AvgIpc) is 3.17. The first-order valence-electron chi connectivity index (χ1n) is 11.8. The van der Waals surface area contributed by atoms with Gasteiger partial charge in [0.15, 0.2) is 0 Å². The minimum atomic E-state index is -1.09. The molecule has 1 aliphatic heterocycles. The van der Waals surface area contributed by atoms with E-state index in [9.17, 15) is 19.2 Å². The van der Waals surface area contributed by atoms with Crippen LogP contribution in [0.2, 0.25) is 0 Å². The highest BCUT2D eigenvalue weighted by Crippen LogP contribution is 2.44. The standard InChI is InChI=1S/C26H29N3O6/c1-2-17(25(33)29-12-11-28(15-24(31)32)23(30)14-29)13-27-26(34)35-16-22-20-9-5-3-7-18(20)19-8-4-6-10-21(19)22/h3-10,17,22H,2,11-16H2,1H3,(H,27,34)(H,31,32). The number of fused-ring (bicyclic) bond motifs is 3. The molecule has 0 aromatic heterocycles. The molecule has 4 rings (SSSR count). The fraction of sp³-hybridized carbons (Fsp3) is 0.385. The molecular formula is C26H29N3O6. The summed E-state index contributed by atoms with van der Waals surface area (Å²) in [5, 5.41) is 11.6. The summed E-state index contributed by atoms with van der Waals surface area (Å²) >= 11 is 0. The third-order valence-corrected chi connectivity index (χ3v) is 6.63. The van der Waals surface area contributed by atoms with E-state index in [0.29, 0.717) is 6.42 Å². The summed E-state index contributed by atoms with van der Waals surface area (Å²) in [4.78, 5) is 51.1. The van der Waals surface area contributed by atoms with Crippen molar-refractivity contribution in [3.63, 3.8) is 0 Å². The van der Waals surface area contributed by atoms with E-state index in [1.165, 1.54) is 9.80 Å². The molecule has 9 nitrogen and oxygen atoms in total. The topological polar surface area (TPSA) is 116 Å². The zero-order valence-electron chi connectivity index (χ0n) is 19.6. The van der Waals surface area contributed by atoms with Gasteiger partial charge in [-0.25, -0.2) is 4.79 Å². The molecule has 0 bridgehead atoms. The predicted octanol–water partition coefficient (Wildman–Crippen LogP) is 2.31. The van der Waals surface area contributed by atoms with Crippen LogP contribution in [0.4, 0.5) is 4.79 Å². The Labute approximate surface area is 203 Å². The number of alkyl carbamates (subject to hydrolysis) is 1. The quantitative estimate of drug-likeness (QED) is 0.600. The molecule has 1 heterocycles. The number of piperazine rings is 1. The number of carboxylic acids is 1. The molecule has 2 N–H and O–H groups in total. The Morgan fingerprint density at radius 2 is 1.69 bits per heavy atom. The highest BCUT2D eigenvalue weighted by molar-refractivity contribution is 5.89. The van der Waals surface area contributed by atoms with Crippen molar-refractivity contribution in [2.24, 2.45) is 5.92 Å². The van der Waals surface area contributed by atoms with Crippen LogP contribution >= 0.6 is 0 Å². The molecule has 0 saturated carbocycles. The van der Waals surface area contributed by atoms with Gasteiger partial charge in [0.05, 0.1) is 12.5 Å². The molecule has 0 spiro atoms. The van der Waals surface area contributed by atoms with E-state index in [-0.39, 0.29) is 51.2 Å². The molecular weight excluding hydrogens is 450 g/mol. The fourth-order valence-electron chi connectivity index (χ4n) is 4.75. The van der Waals surface area contributed by atoms with Crippen molar-refractivity contribution in [2.75, 3.05) is 39.3 Å². The molecule has 1 unspecified atom stereocenters. The zero-order valence-corrected chi connectivity index (χ0v) is 19.6. The van der Waals surface area contributed by atoms with Gasteiger partial charge in [-0.15, -0.1) is 0 Å². The first-order chi connectivity index (χ1) is 16.9. The van der Waals surface area contributed by atoms with Gasteiger partial charge in [0.1, 0.15) is 13.2 Å². The SMILES string of the molecule is CCC(CNC(=O)OCC1c2ccccc2-c2ccccc21)C(=O)N1CCN(CC(=O)O)C(=O)C1. The lowest BCUT2D eigenvalue weighted by Gasteiger charge is -2.35. The van der Waals surface area contributed by atoms with E-state index in [0.717, 1.165) is 22.3 Å². The number of rotatable bonds is 8. The number of nitrogens with zero attached hydrogens (tertiary/aromatic N) is 2. The minimum absolute atomic E-state index is 0.0511. The Bertz CT molecular complexity index is 1090. The number of hydrogen-bond donors (Lipinski definition) is 2. The summed E-state index contributed by atoms with van der Waals surface area (Å²) in [5.41, 5.74) is 4.53. The number of carbonyl (C=O) groups is 4. The number of ether oxygens (including phenoxy) is 1. The number of hydrogen-bond acceptors (Lipinski definition) is 5. The summed E-state index contributed by atoms with van der Waals surface area (Å²) in [6.07, 6.45) is -0.119. The molecule has 35 heavy (non-hydrogen) atoms. The maximum absolute atomic E-state index is 12.9. The lowest BCUT2D eigenvalue weighted by atomic mass is 9.98. The Balaban J connectivity index is 1.29. The largest absolute Gasteiger partial charge is 0.480 e. The van der Waals surface area contributed by atoms with Crippen LogP contribution in [0.15, 0.2) is 48.5 Å². The Hall–Kier alpha value is -3.88. The molecule has 1 aliphatic carbocycles. The highest BCUT2D eigenvalue weighted by Gasteiger charge is 2.32. The molecule has 1 fully saturated rings. The average molecular weight is 480 g/mol. The van der Waals surface area contributed by atoms with Crippen LogP contribution in [0, 0.1) is 5.92 Å². The maximum Gasteiger partial charge on any atom is 0.407 e. The van der Waals surface area contributed by atoms with Crippen LogP contribution in [0.5, 0.6) is 0 Å². The maximum atomic E-state index is 12.9. The van der Waals surface area contributed by atoms with Crippen LogP contribution in [0.3, 0.4) is 0 Å². The fourth-order valence-corrected chi connectivity index (χ4v) is 4.75. The van der Waals surface area contributed by atoms with Crippen LogP contribution in [0.1, 0.15) is 30.4 Å². The second-order valence-electron chi connectivity index (χ2n) is 8.78. The lowest BCUT2D eigenvalue weighted by Crippen LogP contribution is -2.55. The summed E-state index contributed by atoms with van der Waals surface area (Å²) in [5.74, 6) is -2.28. The van der Waals surface area contributed by atoms with Gasteiger partial charge >= 0.3 is 12.1 Å². The van der Waals surface area contributed by atoms with Gasteiger partial charge in [-0.05, 0) is 28.7 Å². The normalized spacial score (nSPS) is 15.9. The van der Waals surface area contributed by atoms with Crippen LogP contribution < -0.4 is 5.32 Å². The molecule has 0 radical (unpaired) electrons. The number of carbonyl (C=O) groups excluding carboxylic acids is 3. The predicted molar refractivity (Wildman–Crippen MR) is 128 cm³/mol. The highest BCUT2D eigenvalue weighted by atomic mass is 16.5. The molecule has 1 atom stereocenters. The monoisotopic (exact) mass is 479 g/mol. The summed E-state index contributed by atoms with van der Waals surface area (Å²) in [6.45, 7) is 2.02. The van der Waals surface area contributed by atoms with E-state index in [2.05, 4.69) is 17.4 Å². The van der Waals surface area contributed by atoms with Gasteiger partial charge in [0.2, 0.25) is 11.8 Å². The lowest BCUT2D eigenvalue weighted by molar-refractivity contribution is -0.151. The van der Waals surface area contributed by atoms with Gasteiger partial charge in [-0.3, -0.25) is 14.4 Å². The molecule has 1 saturated heterocycles. The Morgan fingerprint density at radius 1 is 1.06 bits per heavy atom. The van der Waals surface area contributed by atoms with Crippen LogP contribution in [-0.4, -0.2) is 78.1 Å². The number of aliphatic carboxylic acids is 1. The second kappa shape index (κ2) is 10.6. The first-order valence-corrected chi connectivity index (χ1v) is 11.8. The van der Waals surface area contributed by atoms with Gasteiger partial charge in [-0.1, -0.05) is 55.5 Å². The molecule has 2 aromatic rings. The van der Waals surface area contributed by atoms with Crippen molar-refractivity contribution >= 4 is 23.9 Å². The van der Waals surface area contributed by atoms with Crippen molar-refractivity contribution in [3.8, 4) is 11.1 Å². The molecule has 184 valence electrons. The number of carboxylic acid groups (broad SMARTS) is 1. The first kappa shape index (κ1) is 24.3. The van der Waals surface area contributed by atoms with Crippen molar-refractivity contribution in [1.29, 1.82) is 0 Å². The van der Waals surface area contributed by atoms with E-state index >= 15 is 0 Å². The number of benzene rings is 2. The third-order valence-electron chi connectivity index (χ3n) is 6.63. The number of amides is 3. The van der Waals surface area contributed by atoms with E-state index < -0.39 is 23.9 Å². The summed E-state index contributed by atoms with van der Waals surface area (Å²) in [6, 6.07) is 16.2. The van der Waals surface area contributed by atoms with E-state index in [1.807, 2.05) is 43.3 Å². The zero-order chi connectivity index (χ0) is 24.9. The Kier molecular flexibility index (Phi) is 7.33. The summed E-state index contributed by atoms with van der Waals surface area (Å²) < 4.78 is 5.54. The van der Waals surface area contributed by atoms with Crippen LogP contribution in [0.25, 0.3) is 11.1 Å². The second-order valence-corrected chi connectivity index (χ2v) is 8.78. The van der Waals surface area contributed by atoms with Crippen LogP contribution in [-0.2, 0) is 19.1 Å². The minimum Gasteiger partial charge on any atom is -0.480 e. The van der Waals surface area contributed by atoms with Crippen molar-refractivity contribution in [1.82, 2.24) is 15.1 Å². The van der Waals surface area contributed by atoms with Gasteiger partial charge in [0, 0.05) is 25.6 Å². The molecule has 9 heteroatoms. The number of nitrogens with one attached hydrogen (secondary N) is 1. The van der Waals surface area contributed by atoms with Gasteiger partial charge in [-0.2, -0.15) is 0 Å². The van der Waals surface area contributed by atoms with Gasteiger partial charge < -0.3 is 25.0 Å². The van der Waals surface area contributed by atoms with Crippen molar-refractivity contribution < 1.29 is 29.0 Å². The molecule has 3 amide bonds. The van der Waals surface area contributed by atoms with E-state index in [1.54, 1.807) is 0 Å².